The van der Waals surface area contributed by atoms with E-state index < -0.39 is 5.97 Å². The van der Waals surface area contributed by atoms with Crippen molar-refractivity contribution in [2.45, 2.75) is 25.3 Å². The lowest BCUT2D eigenvalue weighted by atomic mass is 10.1. The maximum absolute atomic E-state index is 11.7. The second-order valence-electron chi connectivity index (χ2n) is 4.52. The van der Waals surface area contributed by atoms with Crippen molar-refractivity contribution in [1.29, 1.82) is 0 Å². The summed E-state index contributed by atoms with van der Waals surface area (Å²) in [5.74, 6) is -1.44. The largest absolute Gasteiger partial charge is 0.481 e. The Hall–Kier alpha value is -1.79. The van der Waals surface area contributed by atoms with Gasteiger partial charge in [0, 0.05) is 20.1 Å². The van der Waals surface area contributed by atoms with E-state index >= 15 is 0 Å². The van der Waals surface area contributed by atoms with Gasteiger partial charge in [-0.2, -0.15) is 0 Å². The number of carbonyl (C=O) groups excluding carboxylic acids is 2. The number of urea groups is 1. The minimum absolute atomic E-state index is 0.0165. The van der Waals surface area contributed by atoms with Gasteiger partial charge in [0.15, 0.2) is 0 Å². The van der Waals surface area contributed by atoms with Gasteiger partial charge >= 0.3 is 12.0 Å². The van der Waals surface area contributed by atoms with Crippen molar-refractivity contribution in [3.05, 3.63) is 0 Å². The predicted octanol–water partition coefficient (Wildman–Crippen LogP) is -0.373. The third-order valence-electron chi connectivity index (χ3n) is 3.12. The molecule has 7 heteroatoms. The van der Waals surface area contributed by atoms with Crippen molar-refractivity contribution in [3.63, 3.8) is 0 Å². The second-order valence-corrected chi connectivity index (χ2v) is 4.52. The fourth-order valence-electron chi connectivity index (χ4n) is 1.99. The molecule has 3 N–H and O–H groups in total. The summed E-state index contributed by atoms with van der Waals surface area (Å²) in [5, 5.41) is 14.0. The highest BCUT2D eigenvalue weighted by Gasteiger charge is 2.31. The smallest absolute Gasteiger partial charge is 0.317 e. The molecule has 1 saturated carbocycles. The van der Waals surface area contributed by atoms with E-state index in [-0.39, 0.29) is 30.4 Å². The Balaban J connectivity index is 2.37. The molecule has 0 spiro atoms. The third-order valence-corrected chi connectivity index (χ3v) is 3.12. The summed E-state index contributed by atoms with van der Waals surface area (Å²) in [6, 6.07) is -0.472. The number of rotatable bonds is 4. The number of amides is 3. The summed E-state index contributed by atoms with van der Waals surface area (Å²) >= 11 is 0. The first-order chi connectivity index (χ1) is 8.43. The quantitative estimate of drug-likeness (QED) is 0.639. The zero-order valence-corrected chi connectivity index (χ0v) is 10.6. The van der Waals surface area contributed by atoms with Gasteiger partial charge in [-0.25, -0.2) is 4.79 Å². The number of hydrogen-bond acceptors (Lipinski definition) is 3. The Labute approximate surface area is 106 Å². The monoisotopic (exact) mass is 257 g/mol. The molecule has 0 aromatic carbocycles. The van der Waals surface area contributed by atoms with E-state index in [9.17, 15) is 14.4 Å². The molecule has 0 bridgehead atoms. The molecule has 0 aromatic rings. The first-order valence-electron chi connectivity index (χ1n) is 5.89. The Morgan fingerprint density at radius 3 is 2.50 bits per heavy atom. The predicted molar refractivity (Wildman–Crippen MR) is 64.0 cm³/mol. The van der Waals surface area contributed by atoms with Gasteiger partial charge < -0.3 is 20.6 Å². The van der Waals surface area contributed by atoms with E-state index in [0.717, 1.165) is 0 Å². The number of carboxylic acids is 1. The van der Waals surface area contributed by atoms with E-state index in [1.54, 1.807) is 0 Å². The molecule has 2 atom stereocenters. The van der Waals surface area contributed by atoms with Crippen LogP contribution in [0.15, 0.2) is 0 Å². The summed E-state index contributed by atoms with van der Waals surface area (Å²) in [6.07, 6.45) is 1.70. The molecule has 0 radical (unpaired) electrons. The van der Waals surface area contributed by atoms with Gasteiger partial charge in [0.25, 0.3) is 0 Å². The van der Waals surface area contributed by atoms with Gasteiger partial charge in [0.1, 0.15) is 6.54 Å². The first kappa shape index (κ1) is 14.3. The van der Waals surface area contributed by atoms with Crippen LogP contribution in [0.5, 0.6) is 0 Å². The maximum atomic E-state index is 11.7. The molecule has 7 nitrogen and oxygen atoms in total. The summed E-state index contributed by atoms with van der Waals surface area (Å²) in [5.41, 5.74) is 0. The Morgan fingerprint density at radius 2 is 2.00 bits per heavy atom. The second kappa shape index (κ2) is 6.23. The normalized spacial score (nSPS) is 22.3. The van der Waals surface area contributed by atoms with Crippen LogP contribution in [0.4, 0.5) is 4.79 Å². The minimum Gasteiger partial charge on any atom is -0.481 e. The molecule has 0 heterocycles. The van der Waals surface area contributed by atoms with E-state index in [2.05, 4.69) is 10.6 Å². The molecule has 0 aromatic heterocycles. The van der Waals surface area contributed by atoms with Crippen LogP contribution < -0.4 is 10.6 Å². The number of aliphatic carboxylic acids is 1. The molecule has 1 fully saturated rings. The van der Waals surface area contributed by atoms with Crippen LogP contribution in [0.1, 0.15) is 19.3 Å². The molecule has 18 heavy (non-hydrogen) atoms. The molecular weight excluding hydrogens is 238 g/mol. The van der Waals surface area contributed by atoms with E-state index in [1.807, 2.05) is 0 Å². The molecule has 1 rings (SSSR count). The van der Waals surface area contributed by atoms with Crippen molar-refractivity contribution in [3.8, 4) is 0 Å². The Kier molecular flexibility index (Phi) is 4.94. The van der Waals surface area contributed by atoms with Gasteiger partial charge in [-0.05, 0) is 19.3 Å². The van der Waals surface area contributed by atoms with Crippen LogP contribution in [-0.4, -0.2) is 54.6 Å². The average Bonchev–Trinajstić information content (AvgIpc) is 2.77. The number of carboxylic acid groups (broad SMARTS) is 1. The van der Waals surface area contributed by atoms with Gasteiger partial charge in [-0.1, -0.05) is 0 Å². The molecule has 0 unspecified atom stereocenters. The standard InChI is InChI=1S/C11H19N3O4/c1-12-9(15)6-14(2)11(18)13-8-4-3-7(5-8)10(16)17/h7-8H,3-6H2,1-2H3,(H,12,15)(H,13,18)(H,16,17)/t7-,8+/m1/s1. The lowest BCUT2D eigenvalue weighted by Crippen LogP contribution is -2.45. The summed E-state index contributed by atoms with van der Waals surface area (Å²) in [4.78, 5) is 34.9. The first-order valence-corrected chi connectivity index (χ1v) is 5.89. The fraction of sp³-hybridized carbons (Fsp3) is 0.727. The number of nitrogens with zero attached hydrogens (tertiary/aromatic N) is 1. The summed E-state index contributed by atoms with van der Waals surface area (Å²) in [7, 11) is 3.02. The van der Waals surface area contributed by atoms with E-state index in [0.29, 0.717) is 19.3 Å². The highest BCUT2D eigenvalue weighted by Crippen LogP contribution is 2.25. The highest BCUT2D eigenvalue weighted by molar-refractivity contribution is 5.83. The van der Waals surface area contributed by atoms with Crippen molar-refractivity contribution in [1.82, 2.24) is 15.5 Å². The fourth-order valence-corrected chi connectivity index (χ4v) is 1.99. The number of nitrogens with one attached hydrogen (secondary N) is 2. The van der Waals surface area contributed by atoms with Gasteiger partial charge in [0.2, 0.25) is 5.91 Å². The molecule has 1 aliphatic carbocycles. The lowest BCUT2D eigenvalue weighted by Gasteiger charge is -2.20. The molecular formula is C11H19N3O4. The van der Waals surface area contributed by atoms with E-state index in [1.165, 1.54) is 19.0 Å². The van der Waals surface area contributed by atoms with E-state index in [4.69, 9.17) is 5.11 Å². The molecule has 1 aliphatic rings. The zero-order valence-electron chi connectivity index (χ0n) is 10.6. The molecule has 102 valence electrons. The topological polar surface area (TPSA) is 98.7 Å². The Morgan fingerprint density at radius 1 is 1.33 bits per heavy atom. The van der Waals surface area contributed by atoms with Gasteiger partial charge in [-0.15, -0.1) is 0 Å². The number of hydrogen-bond donors (Lipinski definition) is 3. The van der Waals surface area contributed by atoms with Crippen LogP contribution in [-0.2, 0) is 9.59 Å². The van der Waals surface area contributed by atoms with Crippen molar-refractivity contribution in [2.24, 2.45) is 5.92 Å². The maximum Gasteiger partial charge on any atom is 0.317 e. The highest BCUT2D eigenvalue weighted by atomic mass is 16.4. The van der Waals surface area contributed by atoms with Crippen LogP contribution in [0.3, 0.4) is 0 Å². The number of likely N-dealkylation sites (N-methyl/N-ethyl adjacent to an activating group) is 2. The molecule has 0 aliphatic heterocycles. The molecule has 3 amide bonds. The number of carbonyl (C=O) groups is 3. The van der Waals surface area contributed by atoms with Crippen molar-refractivity contribution >= 4 is 17.9 Å². The lowest BCUT2D eigenvalue weighted by molar-refractivity contribution is -0.141. The molecule has 0 saturated heterocycles. The van der Waals surface area contributed by atoms with Crippen molar-refractivity contribution < 1.29 is 19.5 Å². The summed E-state index contributed by atoms with van der Waals surface area (Å²) < 4.78 is 0. The van der Waals surface area contributed by atoms with Crippen LogP contribution in [0, 0.1) is 5.92 Å². The van der Waals surface area contributed by atoms with Crippen LogP contribution >= 0.6 is 0 Å². The van der Waals surface area contributed by atoms with Gasteiger partial charge in [-0.3, -0.25) is 9.59 Å². The average molecular weight is 257 g/mol. The Bertz CT molecular complexity index is 345. The zero-order chi connectivity index (χ0) is 13.7. The minimum atomic E-state index is -0.814. The van der Waals surface area contributed by atoms with Gasteiger partial charge in [0.05, 0.1) is 5.92 Å². The van der Waals surface area contributed by atoms with Crippen LogP contribution in [0.25, 0.3) is 0 Å². The third kappa shape index (κ3) is 3.90. The van der Waals surface area contributed by atoms with Crippen LogP contribution in [0.2, 0.25) is 0 Å². The SMILES string of the molecule is CNC(=O)CN(C)C(=O)N[C@H]1CC[C@@H](C(=O)O)C1. The summed E-state index contributed by atoms with van der Waals surface area (Å²) in [6.45, 7) is -0.0165. The van der Waals surface area contributed by atoms with Crippen molar-refractivity contribution in [2.75, 3.05) is 20.6 Å².